The summed E-state index contributed by atoms with van der Waals surface area (Å²) >= 11 is 0. The zero-order chi connectivity index (χ0) is 27.6. The van der Waals surface area contributed by atoms with E-state index < -0.39 is 28.2 Å². The Morgan fingerprint density at radius 1 is 0.972 bits per heavy atom. The molecule has 0 aromatic carbocycles. The van der Waals surface area contributed by atoms with Gasteiger partial charge in [0.15, 0.2) is 16.6 Å². The molecule has 208 valence electrons. The van der Waals surface area contributed by atoms with Crippen molar-refractivity contribution >= 4 is 28.4 Å². The number of ketones is 1. The van der Waals surface area contributed by atoms with Crippen LogP contribution in [0.3, 0.4) is 0 Å². The number of rotatable bonds is 5. The molecule has 0 aliphatic carbocycles. The Hall–Kier alpha value is -0.806. The maximum Gasteiger partial charge on any atom is 0.309 e. The lowest BCUT2D eigenvalue weighted by molar-refractivity contribution is -0.153. The molecule has 0 spiro atoms. The number of hydrogen-bond donors (Lipinski definition) is 0. The molecule has 0 aromatic heterocycles. The molecule has 0 bridgehead atoms. The molecule has 0 amide bonds. The summed E-state index contributed by atoms with van der Waals surface area (Å²) in [6.45, 7) is 26.8. The van der Waals surface area contributed by atoms with Gasteiger partial charge in [-0.05, 0) is 70.5 Å². The first-order chi connectivity index (χ1) is 16.3. The van der Waals surface area contributed by atoms with E-state index in [1.54, 1.807) is 0 Å². The third-order valence-corrected chi connectivity index (χ3v) is 9.32. The van der Waals surface area contributed by atoms with E-state index in [-0.39, 0.29) is 54.4 Å². The average Bonchev–Trinajstić information content (AvgIpc) is 3.45. The predicted octanol–water partition coefficient (Wildman–Crippen LogP) is 6.51. The van der Waals surface area contributed by atoms with Gasteiger partial charge in [0.05, 0.1) is 30.8 Å². The maximum atomic E-state index is 14.1. The van der Waals surface area contributed by atoms with Gasteiger partial charge in [-0.2, -0.15) is 0 Å². The zero-order valence-electron chi connectivity index (χ0n) is 24.7. The first-order valence-corrected chi connectivity index (χ1v) is 20.5. The van der Waals surface area contributed by atoms with Crippen LogP contribution in [-0.2, 0) is 27.9 Å². The van der Waals surface area contributed by atoms with Gasteiger partial charge in [-0.15, -0.1) is 0 Å². The van der Waals surface area contributed by atoms with E-state index in [0.29, 0.717) is 6.42 Å². The summed E-state index contributed by atoms with van der Waals surface area (Å²) < 4.78 is 25.0. The second-order valence-electron chi connectivity index (χ2n) is 13.7. The Kier molecular flexibility index (Phi) is 10.4. The highest BCUT2D eigenvalue weighted by atomic mass is 28.4. The third kappa shape index (κ3) is 9.19. The summed E-state index contributed by atoms with van der Waals surface area (Å²) in [6, 6.07) is 0. The summed E-state index contributed by atoms with van der Waals surface area (Å²) in [5.41, 5.74) is -0.0646. The van der Waals surface area contributed by atoms with Crippen LogP contribution in [-0.4, -0.2) is 58.9 Å². The summed E-state index contributed by atoms with van der Waals surface area (Å²) in [4.78, 5) is 27.3. The van der Waals surface area contributed by atoms with Crippen LogP contribution in [0.1, 0.15) is 66.7 Å². The topological polar surface area (TPSA) is 74.4 Å². The van der Waals surface area contributed by atoms with Gasteiger partial charge in [0.1, 0.15) is 11.9 Å². The first kappa shape index (κ1) is 31.4. The molecule has 2 aliphatic heterocycles. The maximum absolute atomic E-state index is 14.1. The van der Waals surface area contributed by atoms with Crippen LogP contribution in [0.15, 0.2) is 12.2 Å². The normalized spacial score (nSPS) is 35.0. The van der Waals surface area contributed by atoms with Crippen molar-refractivity contribution in [2.75, 3.05) is 0 Å². The molecule has 2 rings (SSSR count). The molecule has 2 saturated heterocycles. The Morgan fingerprint density at radius 2 is 1.56 bits per heavy atom. The fourth-order valence-electron chi connectivity index (χ4n) is 5.25. The number of cyclic esters (lactones) is 1. The van der Waals surface area contributed by atoms with E-state index in [4.69, 9.17) is 18.3 Å². The minimum absolute atomic E-state index is 0.0313. The quantitative estimate of drug-likeness (QED) is 0.171. The fraction of sp³-hybridized carbons (Fsp3) is 0.857. The molecule has 1 unspecified atom stereocenters. The van der Waals surface area contributed by atoms with Crippen molar-refractivity contribution in [3.05, 3.63) is 12.2 Å². The van der Waals surface area contributed by atoms with Gasteiger partial charge in [-0.25, -0.2) is 0 Å². The van der Waals surface area contributed by atoms with Crippen molar-refractivity contribution < 1.29 is 27.9 Å². The van der Waals surface area contributed by atoms with Gasteiger partial charge in [-0.1, -0.05) is 40.7 Å². The minimum atomic E-state index is -2.07. The SMILES string of the molecule is C=C(C)[C@@H]1C[C@@H]2O[C@@H]2CCC[C@H](C)C(O[Si](C)(C)C)[C@@H](C)C(=O)C(C)(C)[C@@H](O[Si](C)(C)C)CC(=O)O1. The summed E-state index contributed by atoms with van der Waals surface area (Å²) in [7, 11) is -3.97. The van der Waals surface area contributed by atoms with Crippen LogP contribution in [0, 0.1) is 17.3 Å². The van der Waals surface area contributed by atoms with Crippen molar-refractivity contribution in [2.45, 2.75) is 137 Å². The van der Waals surface area contributed by atoms with Crippen molar-refractivity contribution in [2.24, 2.45) is 17.3 Å². The third-order valence-electron chi connectivity index (χ3n) is 7.35. The summed E-state index contributed by atoms with van der Waals surface area (Å²) in [5.74, 6) is -0.345. The number of Topliss-reactive ketones (excluding diaryl/α,β-unsaturated/α-hetero) is 1. The second kappa shape index (κ2) is 11.9. The molecule has 0 radical (unpaired) electrons. The molecule has 0 N–H and O–H groups in total. The standard InChI is InChI=1S/C28H52O6Si2/c1-18(2)22-16-23-21(31-23)15-13-14-19(3)26(34-36(10,11)12)20(4)27(30)28(5,6)24(17-25(29)32-22)33-35(7,8)9/h19-24,26H,1,13-17H2,2-12H3/t19-,20+,21+,22-,23-,24-,26?/m0/s1. The van der Waals surface area contributed by atoms with Crippen molar-refractivity contribution in [1.29, 1.82) is 0 Å². The van der Waals surface area contributed by atoms with Gasteiger partial charge in [-0.3, -0.25) is 9.59 Å². The lowest BCUT2D eigenvalue weighted by Crippen LogP contribution is -2.51. The molecule has 36 heavy (non-hydrogen) atoms. The number of fused-ring (bicyclic) bond motifs is 1. The molecule has 2 fully saturated rings. The summed E-state index contributed by atoms with van der Waals surface area (Å²) in [6.07, 6.45) is 2.78. The molecular weight excluding hydrogens is 488 g/mol. The Morgan fingerprint density at radius 3 is 2.08 bits per heavy atom. The van der Waals surface area contributed by atoms with Crippen LogP contribution in [0.5, 0.6) is 0 Å². The lowest BCUT2D eigenvalue weighted by atomic mass is 9.73. The van der Waals surface area contributed by atoms with Crippen LogP contribution in [0.4, 0.5) is 0 Å². The fourth-order valence-corrected chi connectivity index (χ4v) is 7.73. The number of esters is 1. The molecule has 2 aliphatic rings. The largest absolute Gasteiger partial charge is 0.458 e. The number of carbonyl (C=O) groups is 2. The Balaban J connectivity index is 2.43. The second-order valence-corrected chi connectivity index (χ2v) is 22.6. The van der Waals surface area contributed by atoms with Crippen LogP contribution in [0.25, 0.3) is 0 Å². The van der Waals surface area contributed by atoms with Crippen molar-refractivity contribution in [1.82, 2.24) is 0 Å². The smallest absolute Gasteiger partial charge is 0.309 e. The van der Waals surface area contributed by atoms with Gasteiger partial charge in [0.2, 0.25) is 0 Å². The number of epoxide rings is 1. The molecule has 0 saturated carbocycles. The molecule has 6 nitrogen and oxygen atoms in total. The monoisotopic (exact) mass is 540 g/mol. The van der Waals surface area contributed by atoms with Crippen LogP contribution < -0.4 is 0 Å². The molecule has 0 aromatic rings. The lowest BCUT2D eigenvalue weighted by Gasteiger charge is -2.41. The van der Waals surface area contributed by atoms with Crippen LogP contribution in [0.2, 0.25) is 39.3 Å². The highest BCUT2D eigenvalue weighted by Crippen LogP contribution is 2.38. The minimum Gasteiger partial charge on any atom is -0.458 e. The molecular formula is C28H52O6Si2. The van der Waals surface area contributed by atoms with Gasteiger partial charge in [0, 0.05) is 17.8 Å². The van der Waals surface area contributed by atoms with Crippen LogP contribution >= 0.6 is 0 Å². The van der Waals surface area contributed by atoms with E-state index in [2.05, 4.69) is 52.8 Å². The Labute approximate surface area is 222 Å². The van der Waals surface area contributed by atoms with Crippen molar-refractivity contribution in [3.63, 3.8) is 0 Å². The highest BCUT2D eigenvalue weighted by Gasteiger charge is 2.47. The van der Waals surface area contributed by atoms with E-state index >= 15 is 0 Å². The number of hydrogen-bond acceptors (Lipinski definition) is 6. The number of carbonyl (C=O) groups excluding carboxylic acids is 2. The van der Waals surface area contributed by atoms with E-state index in [9.17, 15) is 9.59 Å². The molecule has 2 heterocycles. The first-order valence-electron chi connectivity index (χ1n) is 13.7. The van der Waals surface area contributed by atoms with Gasteiger partial charge in [0.25, 0.3) is 0 Å². The zero-order valence-corrected chi connectivity index (χ0v) is 26.7. The average molecular weight is 541 g/mol. The van der Waals surface area contributed by atoms with E-state index in [1.165, 1.54) is 0 Å². The molecule has 8 heteroatoms. The Bertz CT molecular complexity index is 797. The van der Waals surface area contributed by atoms with Crippen molar-refractivity contribution in [3.8, 4) is 0 Å². The van der Waals surface area contributed by atoms with Gasteiger partial charge >= 0.3 is 5.97 Å². The van der Waals surface area contributed by atoms with E-state index in [1.807, 2.05) is 27.7 Å². The molecule has 7 atom stereocenters. The summed E-state index contributed by atoms with van der Waals surface area (Å²) in [5, 5.41) is 0. The van der Waals surface area contributed by atoms with Gasteiger partial charge < -0.3 is 18.3 Å². The predicted molar refractivity (Wildman–Crippen MR) is 150 cm³/mol. The number of ether oxygens (including phenoxy) is 2. The highest BCUT2D eigenvalue weighted by molar-refractivity contribution is 6.70. The van der Waals surface area contributed by atoms with E-state index in [0.717, 1.165) is 24.8 Å².